The summed E-state index contributed by atoms with van der Waals surface area (Å²) >= 11 is 0. The Kier molecular flexibility index (Phi) is 3.93. The molecule has 0 amide bonds. The highest BCUT2D eigenvalue weighted by Crippen LogP contribution is 2.30. The number of fused-ring (bicyclic) bond motifs is 2. The van der Waals surface area contributed by atoms with E-state index in [0.717, 1.165) is 21.8 Å². The molecule has 2 aromatic heterocycles. The third-order valence-corrected chi connectivity index (χ3v) is 5.42. The molecular formula is C24H20N6. The smallest absolute Gasteiger partial charge is 0.125 e. The topological polar surface area (TPSA) is 110 Å². The van der Waals surface area contributed by atoms with E-state index in [-0.39, 0.29) is 11.7 Å². The summed E-state index contributed by atoms with van der Waals surface area (Å²) in [4.78, 5) is 0. The predicted molar refractivity (Wildman–Crippen MR) is 122 cm³/mol. The van der Waals surface area contributed by atoms with Crippen molar-refractivity contribution in [2.45, 2.75) is 0 Å². The van der Waals surface area contributed by atoms with Gasteiger partial charge in [0.2, 0.25) is 0 Å². The minimum atomic E-state index is -0.133. The van der Waals surface area contributed by atoms with Crippen molar-refractivity contribution < 1.29 is 0 Å². The maximum absolute atomic E-state index is 8.31. The summed E-state index contributed by atoms with van der Waals surface area (Å²) in [6.07, 6.45) is 3.89. The van der Waals surface area contributed by atoms with E-state index < -0.39 is 0 Å². The van der Waals surface area contributed by atoms with Gasteiger partial charge in [0.1, 0.15) is 11.7 Å². The van der Waals surface area contributed by atoms with Gasteiger partial charge < -0.3 is 20.6 Å². The summed E-state index contributed by atoms with van der Waals surface area (Å²) in [6, 6.07) is 23.9. The second-order valence-corrected chi connectivity index (χ2v) is 7.17. The van der Waals surface area contributed by atoms with E-state index in [1.165, 1.54) is 0 Å². The van der Waals surface area contributed by atoms with Crippen molar-refractivity contribution in [3.8, 4) is 11.4 Å². The number of para-hydroxylation sites is 2. The number of aromatic nitrogens is 2. The van der Waals surface area contributed by atoms with Crippen LogP contribution in [0.15, 0.2) is 85.2 Å². The van der Waals surface area contributed by atoms with Gasteiger partial charge in [0.05, 0.1) is 33.5 Å². The van der Waals surface area contributed by atoms with Gasteiger partial charge in [-0.05, 0) is 47.2 Å². The van der Waals surface area contributed by atoms with Crippen LogP contribution in [-0.2, 0) is 0 Å². The molecule has 0 unspecified atom stereocenters. The van der Waals surface area contributed by atoms with Crippen molar-refractivity contribution in [2.24, 2.45) is 11.5 Å². The molecule has 6 N–H and O–H groups in total. The Hall–Kier alpha value is -4.32. The largest absolute Gasteiger partial charge is 0.384 e. The molecular weight excluding hydrogens is 372 g/mol. The number of hydrogen-bond donors (Lipinski definition) is 4. The first-order chi connectivity index (χ1) is 14.6. The second-order valence-electron chi connectivity index (χ2n) is 7.17. The van der Waals surface area contributed by atoms with Crippen LogP contribution < -0.4 is 11.5 Å². The lowest BCUT2D eigenvalue weighted by atomic mass is 10.00. The van der Waals surface area contributed by atoms with E-state index in [9.17, 15) is 0 Å². The number of nitrogen functional groups attached to an aromatic ring is 2. The summed E-state index contributed by atoms with van der Waals surface area (Å²) in [5.74, 6) is -0.266. The first-order valence-corrected chi connectivity index (χ1v) is 9.55. The lowest BCUT2D eigenvalue weighted by Crippen LogP contribution is -2.25. The van der Waals surface area contributed by atoms with E-state index in [0.29, 0.717) is 22.5 Å². The normalized spacial score (nSPS) is 11.2. The molecule has 0 saturated carbocycles. The monoisotopic (exact) mass is 392 g/mol. The average Bonchev–Trinajstić information content (AvgIpc) is 3.37. The van der Waals surface area contributed by atoms with Crippen LogP contribution in [0, 0.1) is 10.8 Å². The molecule has 146 valence electrons. The molecule has 5 rings (SSSR count). The van der Waals surface area contributed by atoms with E-state index >= 15 is 0 Å². The summed E-state index contributed by atoms with van der Waals surface area (Å²) in [5.41, 5.74) is 16.4. The van der Waals surface area contributed by atoms with Gasteiger partial charge >= 0.3 is 0 Å². The summed E-state index contributed by atoms with van der Waals surface area (Å²) < 4.78 is 3.96. The fourth-order valence-corrected chi connectivity index (χ4v) is 4.11. The van der Waals surface area contributed by atoms with Crippen molar-refractivity contribution in [1.82, 2.24) is 9.13 Å². The Bertz CT molecular complexity index is 1340. The number of rotatable bonds is 4. The molecule has 0 aliphatic rings. The van der Waals surface area contributed by atoms with E-state index in [2.05, 4.69) is 0 Å². The molecule has 2 heterocycles. The molecule has 3 aromatic carbocycles. The zero-order chi connectivity index (χ0) is 20.8. The average molecular weight is 392 g/mol. The molecule has 0 atom stereocenters. The van der Waals surface area contributed by atoms with Crippen LogP contribution in [0.1, 0.15) is 11.1 Å². The number of nitrogens with one attached hydrogen (secondary N) is 2. The zero-order valence-corrected chi connectivity index (χ0v) is 16.1. The molecule has 30 heavy (non-hydrogen) atoms. The summed E-state index contributed by atoms with van der Waals surface area (Å²) in [6.45, 7) is 0. The Balaban J connectivity index is 1.85. The third-order valence-electron chi connectivity index (χ3n) is 5.42. The van der Waals surface area contributed by atoms with Crippen molar-refractivity contribution in [3.05, 3.63) is 96.3 Å². The van der Waals surface area contributed by atoms with Crippen LogP contribution in [0.5, 0.6) is 0 Å². The van der Waals surface area contributed by atoms with Gasteiger partial charge in [0.15, 0.2) is 0 Å². The zero-order valence-electron chi connectivity index (χ0n) is 16.1. The maximum Gasteiger partial charge on any atom is 0.125 e. The third kappa shape index (κ3) is 2.58. The van der Waals surface area contributed by atoms with Gasteiger partial charge in [-0.25, -0.2) is 0 Å². The van der Waals surface area contributed by atoms with E-state index in [1.807, 2.05) is 94.3 Å². The van der Waals surface area contributed by atoms with Gasteiger partial charge in [-0.15, -0.1) is 0 Å². The van der Waals surface area contributed by atoms with Crippen LogP contribution in [0.2, 0.25) is 0 Å². The maximum atomic E-state index is 8.31. The van der Waals surface area contributed by atoms with Crippen molar-refractivity contribution in [1.29, 1.82) is 10.8 Å². The Morgan fingerprint density at radius 2 is 0.967 bits per heavy atom. The Labute approximate surface area is 173 Å². The SMILES string of the molecule is N=C(N)c1c(-n2ccc3ccccc32)ccc(-n2ccc3ccccc32)c1C(=N)N. The number of benzene rings is 3. The second kappa shape index (κ2) is 6.63. The number of amidine groups is 2. The minimum absolute atomic E-state index is 0.133. The highest BCUT2D eigenvalue weighted by Gasteiger charge is 2.21. The van der Waals surface area contributed by atoms with E-state index in [4.69, 9.17) is 22.3 Å². The van der Waals surface area contributed by atoms with Crippen LogP contribution in [0.4, 0.5) is 0 Å². The van der Waals surface area contributed by atoms with Crippen molar-refractivity contribution in [3.63, 3.8) is 0 Å². The molecule has 0 aliphatic heterocycles. The van der Waals surface area contributed by atoms with Crippen LogP contribution in [0.25, 0.3) is 33.2 Å². The summed E-state index contributed by atoms with van der Waals surface area (Å²) in [7, 11) is 0. The predicted octanol–water partition coefficient (Wildman–Crippen LogP) is 4.14. The molecule has 0 radical (unpaired) electrons. The van der Waals surface area contributed by atoms with Crippen LogP contribution in [0.3, 0.4) is 0 Å². The molecule has 6 heteroatoms. The summed E-state index contributed by atoms with van der Waals surface area (Å²) in [5, 5.41) is 18.8. The standard InChI is InChI=1S/C24H20N6/c25-23(26)21-19(29-13-11-15-5-1-3-7-17(15)29)9-10-20(22(21)24(27)28)30-14-12-16-6-2-4-8-18(16)30/h1-14H,(H3,25,26)(H3,27,28). The van der Waals surface area contributed by atoms with Gasteiger partial charge in [-0.3, -0.25) is 10.8 Å². The van der Waals surface area contributed by atoms with Crippen molar-refractivity contribution in [2.75, 3.05) is 0 Å². The molecule has 6 nitrogen and oxygen atoms in total. The van der Waals surface area contributed by atoms with Gasteiger partial charge in [0, 0.05) is 12.4 Å². The first-order valence-electron chi connectivity index (χ1n) is 9.55. The fraction of sp³-hybridized carbons (Fsp3) is 0. The van der Waals surface area contributed by atoms with Gasteiger partial charge in [-0.2, -0.15) is 0 Å². The number of nitrogens with two attached hydrogens (primary N) is 2. The number of hydrogen-bond acceptors (Lipinski definition) is 2. The van der Waals surface area contributed by atoms with Crippen molar-refractivity contribution >= 4 is 33.5 Å². The molecule has 0 aliphatic carbocycles. The molecule has 0 bridgehead atoms. The molecule has 0 fully saturated rings. The van der Waals surface area contributed by atoms with E-state index in [1.54, 1.807) is 0 Å². The first kappa shape index (κ1) is 17.8. The number of nitrogens with zero attached hydrogens (tertiary/aromatic N) is 2. The quantitative estimate of drug-likeness (QED) is 0.272. The minimum Gasteiger partial charge on any atom is -0.384 e. The van der Waals surface area contributed by atoms with Crippen LogP contribution in [-0.4, -0.2) is 20.8 Å². The fourth-order valence-electron chi connectivity index (χ4n) is 4.11. The lowest BCUT2D eigenvalue weighted by molar-refractivity contribution is 1.08. The lowest BCUT2D eigenvalue weighted by Gasteiger charge is -2.19. The van der Waals surface area contributed by atoms with Crippen LogP contribution >= 0.6 is 0 Å². The molecule has 5 aromatic rings. The Morgan fingerprint density at radius 1 is 0.567 bits per heavy atom. The molecule has 0 saturated heterocycles. The van der Waals surface area contributed by atoms with Gasteiger partial charge in [0.25, 0.3) is 0 Å². The Morgan fingerprint density at radius 3 is 1.37 bits per heavy atom. The van der Waals surface area contributed by atoms with Gasteiger partial charge in [-0.1, -0.05) is 36.4 Å². The highest BCUT2D eigenvalue weighted by molar-refractivity contribution is 6.13. The highest BCUT2D eigenvalue weighted by atomic mass is 15.0. The molecule has 0 spiro atoms.